The first kappa shape index (κ1) is 11.0. The van der Waals surface area contributed by atoms with Crippen molar-refractivity contribution >= 4 is 5.57 Å². The molecule has 0 aliphatic rings. The van der Waals surface area contributed by atoms with E-state index in [1.54, 1.807) is 0 Å². The molecule has 0 aliphatic carbocycles. The number of aliphatic hydroxyl groups is 1. The fraction of sp³-hybridized carbons (Fsp3) is 0.385. The van der Waals surface area contributed by atoms with Gasteiger partial charge in [-0.2, -0.15) is 0 Å². The molecule has 0 bridgehead atoms. The van der Waals surface area contributed by atoms with Crippen molar-refractivity contribution in [2.24, 2.45) is 0 Å². The third-order valence-electron chi connectivity index (χ3n) is 2.85. The molecular formula is C13H18O. The molecule has 0 aromatic heterocycles. The van der Waals surface area contributed by atoms with Gasteiger partial charge in [0.25, 0.3) is 0 Å². The maximum absolute atomic E-state index is 10.3. The predicted octanol–water partition coefficient (Wildman–Crippen LogP) is 3.25. The van der Waals surface area contributed by atoms with Gasteiger partial charge in [0, 0.05) is 0 Å². The topological polar surface area (TPSA) is 20.2 Å². The molecule has 1 rings (SSSR count). The Labute approximate surface area is 86.1 Å². The molecule has 0 saturated carbocycles. The summed E-state index contributed by atoms with van der Waals surface area (Å²) in [5, 5.41) is 10.3. The molecule has 0 atom stereocenters. The Morgan fingerprint density at radius 2 is 1.71 bits per heavy atom. The highest BCUT2D eigenvalue weighted by Crippen LogP contribution is 2.30. The van der Waals surface area contributed by atoms with Gasteiger partial charge in [-0.1, -0.05) is 50.8 Å². The minimum atomic E-state index is -0.749. The van der Waals surface area contributed by atoms with Crippen LogP contribution in [0.5, 0.6) is 0 Å². The lowest BCUT2D eigenvalue weighted by atomic mass is 9.85. The van der Waals surface area contributed by atoms with E-state index in [1.807, 2.05) is 44.2 Å². The van der Waals surface area contributed by atoms with E-state index in [1.165, 1.54) is 0 Å². The monoisotopic (exact) mass is 190 g/mol. The Morgan fingerprint density at radius 1 is 1.21 bits per heavy atom. The maximum Gasteiger partial charge on any atom is 0.0891 e. The van der Waals surface area contributed by atoms with Crippen molar-refractivity contribution in [1.82, 2.24) is 0 Å². The predicted molar refractivity (Wildman–Crippen MR) is 61.0 cm³/mol. The van der Waals surface area contributed by atoms with Gasteiger partial charge in [0.05, 0.1) is 5.60 Å². The fourth-order valence-electron chi connectivity index (χ4n) is 1.58. The van der Waals surface area contributed by atoms with E-state index in [-0.39, 0.29) is 0 Å². The van der Waals surface area contributed by atoms with Crippen molar-refractivity contribution in [3.63, 3.8) is 0 Å². The Hall–Kier alpha value is -1.08. The molecule has 0 spiro atoms. The van der Waals surface area contributed by atoms with Gasteiger partial charge in [-0.05, 0) is 24.0 Å². The van der Waals surface area contributed by atoms with Crippen molar-refractivity contribution in [1.29, 1.82) is 0 Å². The van der Waals surface area contributed by atoms with Crippen LogP contribution in [-0.2, 0) is 0 Å². The summed E-state index contributed by atoms with van der Waals surface area (Å²) in [4.78, 5) is 0. The molecule has 1 aromatic carbocycles. The minimum absolute atomic E-state index is 0.706. The first-order chi connectivity index (χ1) is 6.64. The molecule has 0 fully saturated rings. The summed E-state index contributed by atoms with van der Waals surface area (Å²) < 4.78 is 0. The molecule has 1 aromatic rings. The molecule has 0 radical (unpaired) electrons. The van der Waals surface area contributed by atoms with E-state index in [2.05, 4.69) is 6.58 Å². The summed E-state index contributed by atoms with van der Waals surface area (Å²) in [6, 6.07) is 9.86. The van der Waals surface area contributed by atoms with Crippen LogP contribution in [0.3, 0.4) is 0 Å². The number of hydrogen-bond acceptors (Lipinski definition) is 1. The summed E-state index contributed by atoms with van der Waals surface area (Å²) in [6.45, 7) is 7.96. The Morgan fingerprint density at radius 3 is 2.14 bits per heavy atom. The molecule has 1 nitrogen and oxygen atoms in total. The van der Waals surface area contributed by atoms with Gasteiger partial charge in [-0.3, -0.25) is 0 Å². The molecule has 1 N–H and O–H groups in total. The van der Waals surface area contributed by atoms with Crippen LogP contribution in [-0.4, -0.2) is 10.7 Å². The number of rotatable bonds is 4. The standard InChI is InChI=1S/C13H18O/c1-4-13(14,5-2)11(3)12-9-7-6-8-10-12/h6-10,14H,3-5H2,1-2H3. The highest BCUT2D eigenvalue weighted by atomic mass is 16.3. The first-order valence-electron chi connectivity index (χ1n) is 5.11. The molecule has 76 valence electrons. The lowest BCUT2D eigenvalue weighted by Gasteiger charge is -2.28. The second-order valence-corrected chi connectivity index (χ2v) is 3.58. The molecule has 0 heterocycles. The van der Waals surface area contributed by atoms with Crippen LogP contribution >= 0.6 is 0 Å². The van der Waals surface area contributed by atoms with E-state index >= 15 is 0 Å². The number of hydrogen-bond donors (Lipinski definition) is 1. The lowest BCUT2D eigenvalue weighted by molar-refractivity contribution is 0.0937. The normalized spacial score (nSPS) is 11.4. The van der Waals surface area contributed by atoms with E-state index in [0.29, 0.717) is 12.8 Å². The smallest absolute Gasteiger partial charge is 0.0891 e. The van der Waals surface area contributed by atoms with Gasteiger partial charge in [0.2, 0.25) is 0 Å². The number of benzene rings is 1. The van der Waals surface area contributed by atoms with E-state index in [9.17, 15) is 5.11 Å². The SMILES string of the molecule is C=C(c1ccccc1)C(O)(CC)CC. The second-order valence-electron chi connectivity index (χ2n) is 3.58. The summed E-state index contributed by atoms with van der Waals surface area (Å²) in [6.07, 6.45) is 1.41. The van der Waals surface area contributed by atoms with E-state index < -0.39 is 5.60 Å². The summed E-state index contributed by atoms with van der Waals surface area (Å²) >= 11 is 0. The zero-order valence-corrected chi connectivity index (χ0v) is 8.96. The first-order valence-corrected chi connectivity index (χ1v) is 5.11. The molecule has 14 heavy (non-hydrogen) atoms. The Bertz CT molecular complexity index is 296. The third-order valence-corrected chi connectivity index (χ3v) is 2.85. The van der Waals surface area contributed by atoms with Gasteiger partial charge in [-0.15, -0.1) is 0 Å². The van der Waals surface area contributed by atoms with Crippen LogP contribution in [0.2, 0.25) is 0 Å². The molecule has 0 unspecified atom stereocenters. The van der Waals surface area contributed by atoms with Crippen LogP contribution in [0.1, 0.15) is 32.3 Å². The second kappa shape index (κ2) is 4.43. The van der Waals surface area contributed by atoms with Crippen LogP contribution in [0.4, 0.5) is 0 Å². The van der Waals surface area contributed by atoms with Crippen molar-refractivity contribution in [2.75, 3.05) is 0 Å². The summed E-state index contributed by atoms with van der Waals surface area (Å²) in [7, 11) is 0. The maximum atomic E-state index is 10.3. The van der Waals surface area contributed by atoms with Crippen molar-refractivity contribution < 1.29 is 5.11 Å². The summed E-state index contributed by atoms with van der Waals surface area (Å²) in [5.41, 5.74) is 1.10. The highest BCUT2D eigenvalue weighted by molar-refractivity contribution is 5.69. The van der Waals surface area contributed by atoms with Crippen LogP contribution in [0.15, 0.2) is 36.9 Å². The Balaban J connectivity index is 2.95. The zero-order chi connectivity index (χ0) is 10.6. The zero-order valence-electron chi connectivity index (χ0n) is 8.96. The van der Waals surface area contributed by atoms with Crippen LogP contribution in [0.25, 0.3) is 5.57 Å². The van der Waals surface area contributed by atoms with Crippen molar-refractivity contribution in [2.45, 2.75) is 32.3 Å². The van der Waals surface area contributed by atoms with Crippen molar-refractivity contribution in [3.05, 3.63) is 42.5 Å². The quantitative estimate of drug-likeness (QED) is 0.772. The Kier molecular flexibility index (Phi) is 3.48. The van der Waals surface area contributed by atoms with Gasteiger partial charge in [-0.25, -0.2) is 0 Å². The largest absolute Gasteiger partial charge is 0.385 e. The van der Waals surface area contributed by atoms with Gasteiger partial charge < -0.3 is 5.11 Å². The fourth-order valence-corrected chi connectivity index (χ4v) is 1.58. The third kappa shape index (κ3) is 2.05. The highest BCUT2D eigenvalue weighted by Gasteiger charge is 2.26. The molecule has 0 amide bonds. The average Bonchev–Trinajstić information content (AvgIpc) is 2.28. The molecule has 1 heteroatoms. The molecule has 0 aliphatic heterocycles. The average molecular weight is 190 g/mol. The minimum Gasteiger partial charge on any atom is -0.385 e. The molecule has 0 saturated heterocycles. The van der Waals surface area contributed by atoms with E-state index in [4.69, 9.17) is 0 Å². The van der Waals surface area contributed by atoms with E-state index in [0.717, 1.165) is 11.1 Å². The van der Waals surface area contributed by atoms with Crippen LogP contribution in [0, 0.1) is 0 Å². The van der Waals surface area contributed by atoms with Gasteiger partial charge in [0.1, 0.15) is 0 Å². The van der Waals surface area contributed by atoms with Gasteiger partial charge >= 0.3 is 0 Å². The summed E-state index contributed by atoms with van der Waals surface area (Å²) in [5.74, 6) is 0. The lowest BCUT2D eigenvalue weighted by Crippen LogP contribution is -2.27. The van der Waals surface area contributed by atoms with Crippen LogP contribution < -0.4 is 0 Å². The van der Waals surface area contributed by atoms with Gasteiger partial charge in [0.15, 0.2) is 0 Å². The van der Waals surface area contributed by atoms with Crippen molar-refractivity contribution in [3.8, 4) is 0 Å². The molecular weight excluding hydrogens is 172 g/mol.